The smallest absolute Gasteiger partial charge is 0.184 e. The minimum absolute atomic E-state index is 0.312. The number of benzene rings is 1. The fourth-order valence-electron chi connectivity index (χ4n) is 1.15. The van der Waals surface area contributed by atoms with Gasteiger partial charge in [-0.2, -0.15) is 0 Å². The summed E-state index contributed by atoms with van der Waals surface area (Å²) in [6, 6.07) is 0. The van der Waals surface area contributed by atoms with Crippen LogP contribution in [0.4, 0.5) is 24.5 Å². The third-order valence-corrected chi connectivity index (χ3v) is 1.93. The molecule has 0 atom stereocenters. The van der Waals surface area contributed by atoms with E-state index >= 15 is 0 Å². The van der Waals surface area contributed by atoms with Crippen LogP contribution in [0.5, 0.6) is 0 Å². The minimum atomic E-state index is -1.20. The highest BCUT2D eigenvalue weighted by molar-refractivity contribution is 5.69. The molecule has 2 nitrogen and oxygen atoms in total. The normalized spacial score (nSPS) is 9.44. The molecule has 16 heavy (non-hydrogen) atoms. The topological polar surface area (TPSA) is 38.0 Å². The molecule has 92 valence electrons. The van der Waals surface area contributed by atoms with E-state index in [0.717, 1.165) is 6.92 Å². The average Bonchev–Trinajstić information content (AvgIpc) is 2.32. The minimum Gasteiger partial charge on any atom is -0.395 e. The van der Waals surface area contributed by atoms with Gasteiger partial charge in [-0.25, -0.2) is 13.2 Å². The van der Waals surface area contributed by atoms with Gasteiger partial charge in [-0.1, -0.05) is 13.8 Å². The standard InChI is InChI=1S/C9H11F3N2.C2H6/c1-3-14-9-7(12)5(10)4(2)6(11)8(9)13;1-2/h14H,3,13H2,1-2H3;1-2H3. The first-order valence-corrected chi connectivity index (χ1v) is 5.17. The van der Waals surface area contributed by atoms with Gasteiger partial charge in [-0.15, -0.1) is 0 Å². The second-order valence-corrected chi connectivity index (χ2v) is 2.89. The first kappa shape index (κ1) is 14.6. The SMILES string of the molecule is CC.CCNc1c(N)c(F)c(C)c(F)c1F. The number of anilines is 2. The maximum absolute atomic E-state index is 13.2. The van der Waals surface area contributed by atoms with Crippen LogP contribution < -0.4 is 11.1 Å². The molecule has 0 aromatic heterocycles. The Hall–Kier alpha value is -1.39. The third kappa shape index (κ3) is 2.59. The second-order valence-electron chi connectivity index (χ2n) is 2.89. The number of halogens is 3. The molecule has 0 aliphatic heterocycles. The van der Waals surface area contributed by atoms with Crippen molar-refractivity contribution in [1.82, 2.24) is 0 Å². The molecule has 0 unspecified atom stereocenters. The Labute approximate surface area is 93.6 Å². The number of nitrogens with two attached hydrogens (primary N) is 1. The lowest BCUT2D eigenvalue weighted by atomic mass is 10.1. The van der Waals surface area contributed by atoms with E-state index in [9.17, 15) is 13.2 Å². The van der Waals surface area contributed by atoms with Crippen LogP contribution in [-0.4, -0.2) is 6.54 Å². The van der Waals surface area contributed by atoms with E-state index in [0.29, 0.717) is 6.54 Å². The molecule has 0 amide bonds. The molecule has 0 radical (unpaired) electrons. The zero-order valence-corrected chi connectivity index (χ0v) is 9.92. The van der Waals surface area contributed by atoms with Crippen LogP contribution in [0.1, 0.15) is 26.3 Å². The average molecular weight is 234 g/mol. The number of nitrogens with one attached hydrogen (secondary N) is 1. The fraction of sp³-hybridized carbons (Fsp3) is 0.455. The molecular weight excluding hydrogens is 217 g/mol. The Morgan fingerprint density at radius 3 is 2.00 bits per heavy atom. The van der Waals surface area contributed by atoms with Crippen LogP contribution in [0.15, 0.2) is 0 Å². The van der Waals surface area contributed by atoms with E-state index in [1.54, 1.807) is 6.92 Å². The molecule has 0 aliphatic carbocycles. The van der Waals surface area contributed by atoms with E-state index in [1.165, 1.54) is 0 Å². The van der Waals surface area contributed by atoms with Crippen molar-refractivity contribution < 1.29 is 13.2 Å². The Balaban J connectivity index is 0.00000106. The van der Waals surface area contributed by atoms with Gasteiger partial charge in [0.2, 0.25) is 0 Å². The van der Waals surface area contributed by atoms with Crippen molar-refractivity contribution in [3.05, 3.63) is 23.0 Å². The molecule has 0 fully saturated rings. The van der Waals surface area contributed by atoms with E-state index in [4.69, 9.17) is 5.73 Å². The van der Waals surface area contributed by atoms with Crippen LogP contribution >= 0.6 is 0 Å². The summed E-state index contributed by atoms with van der Waals surface area (Å²) in [6.45, 7) is 7.15. The number of rotatable bonds is 2. The zero-order valence-electron chi connectivity index (χ0n) is 9.92. The summed E-state index contributed by atoms with van der Waals surface area (Å²) in [6.07, 6.45) is 0. The van der Waals surface area contributed by atoms with Crippen molar-refractivity contribution in [2.75, 3.05) is 17.6 Å². The van der Waals surface area contributed by atoms with Crippen LogP contribution in [0, 0.1) is 24.4 Å². The van der Waals surface area contributed by atoms with Crippen LogP contribution in [-0.2, 0) is 0 Å². The number of hydrogen-bond acceptors (Lipinski definition) is 2. The molecule has 1 aromatic carbocycles. The van der Waals surface area contributed by atoms with Gasteiger partial charge < -0.3 is 11.1 Å². The Bertz CT molecular complexity index is 336. The molecule has 0 spiro atoms. The number of nitrogen functional groups attached to an aromatic ring is 1. The molecule has 5 heteroatoms. The summed E-state index contributed by atoms with van der Waals surface area (Å²) in [7, 11) is 0. The quantitative estimate of drug-likeness (QED) is 0.607. The first-order valence-electron chi connectivity index (χ1n) is 5.17. The van der Waals surface area contributed by atoms with Gasteiger partial charge in [0.25, 0.3) is 0 Å². The van der Waals surface area contributed by atoms with Crippen molar-refractivity contribution >= 4 is 11.4 Å². The monoisotopic (exact) mass is 234 g/mol. The van der Waals surface area contributed by atoms with E-state index in [2.05, 4.69) is 5.32 Å². The van der Waals surface area contributed by atoms with Crippen molar-refractivity contribution in [2.45, 2.75) is 27.7 Å². The second kappa shape index (κ2) is 6.25. The van der Waals surface area contributed by atoms with Crippen molar-refractivity contribution in [2.24, 2.45) is 0 Å². The molecule has 1 aromatic rings. The fourth-order valence-corrected chi connectivity index (χ4v) is 1.15. The maximum Gasteiger partial charge on any atom is 0.184 e. The van der Waals surface area contributed by atoms with Crippen LogP contribution in [0.25, 0.3) is 0 Å². The largest absolute Gasteiger partial charge is 0.395 e. The summed E-state index contributed by atoms with van der Waals surface area (Å²) in [5.74, 6) is -3.25. The molecule has 0 saturated heterocycles. The van der Waals surface area contributed by atoms with Gasteiger partial charge in [0.05, 0.1) is 11.4 Å². The van der Waals surface area contributed by atoms with E-state index in [-0.39, 0.29) is 11.4 Å². The lowest BCUT2D eigenvalue weighted by Crippen LogP contribution is -2.09. The molecule has 0 bridgehead atoms. The lowest BCUT2D eigenvalue weighted by molar-refractivity contribution is 0.490. The summed E-state index contributed by atoms with van der Waals surface area (Å²) >= 11 is 0. The van der Waals surface area contributed by atoms with Gasteiger partial charge in [-0.3, -0.25) is 0 Å². The lowest BCUT2D eigenvalue weighted by Gasteiger charge is -2.12. The van der Waals surface area contributed by atoms with E-state index in [1.807, 2.05) is 13.8 Å². The Morgan fingerprint density at radius 2 is 1.56 bits per heavy atom. The summed E-state index contributed by atoms with van der Waals surface area (Å²) < 4.78 is 39.4. The highest BCUT2D eigenvalue weighted by atomic mass is 19.2. The molecule has 3 N–H and O–H groups in total. The molecular formula is C11H17F3N2. The Kier molecular flexibility index (Phi) is 5.71. The summed E-state index contributed by atoms with van der Waals surface area (Å²) in [4.78, 5) is 0. The predicted octanol–water partition coefficient (Wildman–Crippen LogP) is 3.45. The van der Waals surface area contributed by atoms with Gasteiger partial charge in [0.15, 0.2) is 17.5 Å². The highest BCUT2D eigenvalue weighted by Crippen LogP contribution is 2.30. The molecule has 1 rings (SSSR count). The maximum atomic E-state index is 13.2. The number of hydrogen-bond donors (Lipinski definition) is 2. The van der Waals surface area contributed by atoms with Crippen LogP contribution in [0.3, 0.4) is 0 Å². The third-order valence-electron chi connectivity index (χ3n) is 1.93. The van der Waals surface area contributed by atoms with Gasteiger partial charge in [0.1, 0.15) is 0 Å². The van der Waals surface area contributed by atoms with E-state index < -0.39 is 23.0 Å². The first-order chi connectivity index (χ1) is 7.50. The molecule has 0 aliphatic rings. The zero-order chi connectivity index (χ0) is 12.9. The van der Waals surface area contributed by atoms with Crippen molar-refractivity contribution in [3.63, 3.8) is 0 Å². The Morgan fingerprint density at radius 1 is 1.06 bits per heavy atom. The van der Waals surface area contributed by atoms with Crippen molar-refractivity contribution in [1.29, 1.82) is 0 Å². The highest BCUT2D eigenvalue weighted by Gasteiger charge is 2.20. The van der Waals surface area contributed by atoms with Crippen LogP contribution in [0.2, 0.25) is 0 Å². The van der Waals surface area contributed by atoms with Gasteiger partial charge >= 0.3 is 0 Å². The summed E-state index contributed by atoms with van der Waals surface area (Å²) in [5.41, 5.74) is 4.20. The molecule has 0 saturated carbocycles. The summed E-state index contributed by atoms with van der Waals surface area (Å²) in [5, 5.41) is 2.47. The molecule has 0 heterocycles. The van der Waals surface area contributed by atoms with Crippen molar-refractivity contribution in [3.8, 4) is 0 Å². The van der Waals surface area contributed by atoms with Gasteiger partial charge in [0, 0.05) is 12.1 Å². The van der Waals surface area contributed by atoms with Gasteiger partial charge in [-0.05, 0) is 13.8 Å². The predicted molar refractivity (Wildman–Crippen MR) is 61.0 cm³/mol.